The van der Waals surface area contributed by atoms with Gasteiger partial charge < -0.3 is 10.1 Å². The molecule has 0 heterocycles. The Hall–Kier alpha value is 0.0200. The van der Waals surface area contributed by atoms with Crippen molar-refractivity contribution in [3.63, 3.8) is 0 Å². The minimum Gasteiger partial charge on any atom is -0.751 e. The summed E-state index contributed by atoms with van der Waals surface area (Å²) < 4.78 is 0.292. The molecule has 0 N–H and O–H groups in total. The van der Waals surface area contributed by atoms with Crippen LogP contribution < -0.4 is 4.89 Å². The van der Waals surface area contributed by atoms with Gasteiger partial charge in [-0.05, 0) is 0 Å². The molecule has 0 fully saturated rings. The van der Waals surface area contributed by atoms with Crippen LogP contribution in [0.3, 0.4) is 0 Å². The zero-order valence-electron chi connectivity index (χ0n) is 2.71. The first-order chi connectivity index (χ1) is 2.27. The first kappa shape index (κ1) is 5.02. The standard InChI is InChI=1S/CH3NO2P/c1-2(3)5-4/h1H3/q-1. The van der Waals surface area contributed by atoms with Gasteiger partial charge in [-0.2, -0.15) is 0 Å². The highest BCUT2D eigenvalue weighted by atomic mass is 31.1. The summed E-state index contributed by atoms with van der Waals surface area (Å²) in [4.78, 5) is 9.22. The van der Waals surface area contributed by atoms with E-state index in [0.717, 1.165) is 0 Å². The zero-order chi connectivity index (χ0) is 4.28. The second kappa shape index (κ2) is 2.27. The van der Waals surface area contributed by atoms with Crippen LogP contribution in [0.15, 0.2) is 0 Å². The quantitative estimate of drug-likeness (QED) is 0.299. The lowest BCUT2D eigenvalue weighted by Gasteiger charge is -1.91. The van der Waals surface area contributed by atoms with Gasteiger partial charge in [0.15, 0.2) is 0 Å². The average molecular weight is 92.0 g/mol. The molecule has 0 aliphatic rings. The molecule has 0 amide bonds. The van der Waals surface area contributed by atoms with Crippen molar-refractivity contribution in [2.24, 2.45) is 0 Å². The molecule has 0 aliphatic carbocycles. The SMILES string of the molecule is C[N+]([O-])=P[O-]. The molecule has 0 bridgehead atoms. The van der Waals surface area contributed by atoms with Crippen molar-refractivity contribution in [2.45, 2.75) is 0 Å². The van der Waals surface area contributed by atoms with Gasteiger partial charge in [-0.15, -0.1) is 0 Å². The third kappa shape index (κ3) is 4.02. The van der Waals surface area contributed by atoms with E-state index in [-0.39, 0.29) is 0 Å². The highest BCUT2D eigenvalue weighted by Gasteiger charge is 1.50. The number of hydrogen-bond donors (Lipinski definition) is 0. The van der Waals surface area contributed by atoms with Crippen LogP contribution in [0.1, 0.15) is 0 Å². The zero-order valence-corrected chi connectivity index (χ0v) is 3.61. The van der Waals surface area contributed by atoms with E-state index < -0.39 is 8.60 Å². The first-order valence-electron chi connectivity index (χ1n) is 1.01. The normalized spacial score (nSPS) is 12.2. The van der Waals surface area contributed by atoms with Crippen LogP contribution in [-0.2, 0) is 0 Å². The summed E-state index contributed by atoms with van der Waals surface area (Å²) in [6, 6.07) is 0. The van der Waals surface area contributed by atoms with E-state index in [1.807, 2.05) is 0 Å². The fourth-order valence-corrected chi connectivity index (χ4v) is 0. The van der Waals surface area contributed by atoms with Crippen LogP contribution in [0, 0.1) is 5.21 Å². The molecule has 0 unspecified atom stereocenters. The molecule has 4 heteroatoms. The number of rotatable bonds is 0. The highest BCUT2D eigenvalue weighted by Crippen LogP contribution is 1.73. The molecule has 5 heavy (non-hydrogen) atoms. The van der Waals surface area contributed by atoms with Crippen molar-refractivity contribution in [3.8, 4) is 0 Å². The lowest BCUT2D eigenvalue weighted by Crippen LogP contribution is -1.87. The summed E-state index contributed by atoms with van der Waals surface area (Å²) in [5, 5.41) is 9.40. The third-order valence-electron chi connectivity index (χ3n) is 0.115. The lowest BCUT2D eigenvalue weighted by molar-refractivity contribution is -0.419. The van der Waals surface area contributed by atoms with Gasteiger partial charge in [0.1, 0.15) is 15.6 Å². The summed E-state index contributed by atoms with van der Waals surface area (Å²) in [6.07, 6.45) is 0. The van der Waals surface area contributed by atoms with E-state index in [1.54, 1.807) is 0 Å². The maximum Gasteiger partial charge on any atom is 0.135 e. The second-order valence-corrected chi connectivity index (χ2v) is 1.27. The molecule has 0 atom stereocenters. The van der Waals surface area contributed by atoms with E-state index in [2.05, 4.69) is 0 Å². The van der Waals surface area contributed by atoms with Gasteiger partial charge in [-0.25, -0.2) is 0 Å². The lowest BCUT2D eigenvalue weighted by atomic mass is 11.6. The Kier molecular flexibility index (Phi) is 2.28. The second-order valence-electron chi connectivity index (χ2n) is 0.546. The summed E-state index contributed by atoms with van der Waals surface area (Å²) in [7, 11) is 0.700. The predicted molar refractivity (Wildman–Crippen MR) is 16.5 cm³/mol. The molecule has 0 spiro atoms. The molecule has 30 valence electrons. The van der Waals surface area contributed by atoms with Gasteiger partial charge >= 0.3 is 0 Å². The Labute approximate surface area is 31.4 Å². The topological polar surface area (TPSA) is 49.1 Å². The van der Waals surface area contributed by atoms with Gasteiger partial charge in [-0.1, -0.05) is 0 Å². The van der Waals surface area contributed by atoms with Crippen LogP contribution >= 0.6 is 8.60 Å². The maximum absolute atomic E-state index is 9.40. The summed E-state index contributed by atoms with van der Waals surface area (Å²) in [5.74, 6) is 0. The Morgan fingerprint density at radius 1 is 1.80 bits per heavy atom. The Morgan fingerprint density at radius 3 is 2.00 bits per heavy atom. The van der Waals surface area contributed by atoms with Crippen molar-refractivity contribution in [3.05, 3.63) is 5.21 Å². The summed E-state index contributed by atoms with van der Waals surface area (Å²) >= 11 is 0. The molecule has 0 aliphatic heterocycles. The molecule has 0 aromatic carbocycles. The highest BCUT2D eigenvalue weighted by molar-refractivity contribution is 7.14. The third-order valence-corrected chi connectivity index (χ3v) is 0.345. The molecular weight excluding hydrogens is 89.0 g/mol. The van der Waals surface area contributed by atoms with Crippen molar-refractivity contribution >= 4 is 8.60 Å². The fraction of sp³-hybridized carbons (Fsp3) is 1.00. The summed E-state index contributed by atoms with van der Waals surface area (Å²) in [5.41, 5.74) is 0. The Balaban J connectivity index is 3.14. The van der Waals surface area contributed by atoms with Crippen LogP contribution in [0.5, 0.6) is 0 Å². The fourth-order valence-electron chi connectivity index (χ4n) is 0. The molecular formula is CH3NO2P-. The summed E-state index contributed by atoms with van der Waals surface area (Å²) in [6.45, 7) is 0. The molecule has 0 radical (unpaired) electrons. The van der Waals surface area contributed by atoms with E-state index in [9.17, 15) is 10.1 Å². The maximum atomic E-state index is 9.40. The molecule has 0 saturated carbocycles. The van der Waals surface area contributed by atoms with E-state index in [1.165, 1.54) is 7.05 Å². The molecule has 3 nitrogen and oxygen atoms in total. The van der Waals surface area contributed by atoms with Crippen LogP contribution in [0.2, 0.25) is 0 Å². The Morgan fingerprint density at radius 2 is 2.00 bits per heavy atom. The van der Waals surface area contributed by atoms with Gasteiger partial charge in [0.05, 0.1) is 0 Å². The molecule has 0 aromatic heterocycles. The van der Waals surface area contributed by atoms with Crippen molar-refractivity contribution in [1.29, 1.82) is 0 Å². The van der Waals surface area contributed by atoms with Crippen molar-refractivity contribution < 1.29 is 9.38 Å². The molecule has 0 aromatic rings. The number of hydroxylamine groups is 1. The largest absolute Gasteiger partial charge is 0.751 e. The van der Waals surface area contributed by atoms with Crippen LogP contribution in [-0.4, -0.2) is 11.5 Å². The van der Waals surface area contributed by atoms with Crippen molar-refractivity contribution in [1.82, 2.24) is 0 Å². The van der Waals surface area contributed by atoms with Crippen LogP contribution in [0.25, 0.3) is 0 Å². The number of nitrogens with zero attached hydrogens (tertiary/aromatic N) is 1. The van der Waals surface area contributed by atoms with E-state index in [4.69, 9.17) is 0 Å². The van der Waals surface area contributed by atoms with E-state index >= 15 is 0 Å². The first-order valence-corrected chi connectivity index (χ1v) is 1.78. The minimum atomic E-state index is -0.475. The van der Waals surface area contributed by atoms with Gasteiger partial charge in [0.2, 0.25) is 0 Å². The van der Waals surface area contributed by atoms with Gasteiger partial charge in [0.25, 0.3) is 0 Å². The minimum absolute atomic E-state index is 0.292. The smallest absolute Gasteiger partial charge is 0.135 e. The van der Waals surface area contributed by atoms with Crippen LogP contribution in [0.4, 0.5) is 0 Å². The molecule has 0 saturated heterocycles. The number of hydrogen-bond acceptors (Lipinski definition) is 2. The monoisotopic (exact) mass is 92.0 g/mol. The average Bonchev–Trinajstić information content (AvgIpc) is 1.38. The molecule has 0 rings (SSSR count). The Bertz CT molecular complexity index is 47.6. The van der Waals surface area contributed by atoms with Crippen molar-refractivity contribution in [2.75, 3.05) is 7.05 Å². The predicted octanol–water partition coefficient (Wildman–Crippen LogP) is -0.468. The van der Waals surface area contributed by atoms with Gasteiger partial charge in [-0.3, -0.25) is 4.49 Å². The van der Waals surface area contributed by atoms with Gasteiger partial charge in [0, 0.05) is 0 Å². The van der Waals surface area contributed by atoms with E-state index in [0.29, 0.717) is 4.49 Å².